The largest absolute Gasteiger partial charge is 0.324 e. The summed E-state index contributed by atoms with van der Waals surface area (Å²) in [6.45, 7) is 0. The second-order valence-corrected chi connectivity index (χ2v) is 1.53. The molecule has 0 amide bonds. The molecule has 0 unspecified atom stereocenters. The third-order valence-electron chi connectivity index (χ3n) is 0.931. The summed E-state index contributed by atoms with van der Waals surface area (Å²) in [6, 6.07) is 0. The van der Waals surface area contributed by atoms with Crippen LogP contribution in [0.15, 0.2) is 4.79 Å². The van der Waals surface area contributed by atoms with Crippen LogP contribution in [0.25, 0.3) is 0 Å². The molecule has 1 heterocycles. The second kappa shape index (κ2) is 2.19. The lowest BCUT2D eigenvalue weighted by atomic mass is 10.6. The third-order valence-corrected chi connectivity index (χ3v) is 0.931. The van der Waals surface area contributed by atoms with Crippen molar-refractivity contribution in [2.45, 2.75) is 0 Å². The molecule has 0 aliphatic heterocycles. The Morgan fingerprint density at radius 2 is 1.40 bits per heavy atom. The fraction of sp³-hybridized carbons (Fsp3) is 0. The van der Waals surface area contributed by atoms with Crippen molar-refractivity contribution in [2.75, 3.05) is 0 Å². The lowest BCUT2D eigenvalue weighted by Crippen LogP contribution is -2.26. The van der Waals surface area contributed by atoms with E-state index < -0.39 is 5.69 Å². The van der Waals surface area contributed by atoms with Crippen molar-refractivity contribution in [1.82, 2.24) is 9.97 Å². The lowest BCUT2D eigenvalue weighted by Gasteiger charge is -1.56. The molecule has 1 aromatic heterocycles. The molecule has 1 rings (SSSR count). The molecule has 1 aromatic rings. The number of nitrogens with one attached hydrogen (secondary N) is 2. The molecule has 0 saturated carbocycles. The fourth-order valence-electron chi connectivity index (χ4n) is 0.536. The summed E-state index contributed by atoms with van der Waals surface area (Å²) in [6.07, 6.45) is 0. The van der Waals surface area contributed by atoms with Gasteiger partial charge in [-0.05, 0) is 0 Å². The Kier molecular flexibility index (Phi) is 1.38. The minimum absolute atomic E-state index is 0.194. The number of H-pyrrole nitrogens is 2. The molecule has 10 heavy (non-hydrogen) atoms. The minimum Gasteiger partial charge on any atom is -0.296 e. The second-order valence-electron chi connectivity index (χ2n) is 1.53. The monoisotopic (exact) mass is 138 g/mol. The first kappa shape index (κ1) is 6.29. The van der Waals surface area contributed by atoms with Crippen LogP contribution in [-0.2, 0) is 9.59 Å². The van der Waals surface area contributed by atoms with E-state index in [0.29, 0.717) is 0 Å². The van der Waals surface area contributed by atoms with Crippen LogP contribution in [0.1, 0.15) is 0 Å². The standard InChI is InChI=1S/C5H2N2O3/c8-1-3-4(2-9)7-5(10)6-3/h(H2,6,7,10). The molecule has 2 N–H and O–H groups in total. The van der Waals surface area contributed by atoms with E-state index in [-0.39, 0.29) is 10.7 Å². The maximum Gasteiger partial charge on any atom is 0.324 e. The van der Waals surface area contributed by atoms with Crippen molar-refractivity contribution >= 4 is 11.9 Å². The number of carbonyl (C=O) groups excluding carboxylic acids is 2. The van der Waals surface area contributed by atoms with Crippen molar-refractivity contribution in [3.8, 4) is 0 Å². The van der Waals surface area contributed by atoms with E-state index in [2.05, 4.69) is 0 Å². The Balaban J connectivity index is 4.06. The number of hydrogen-bond acceptors (Lipinski definition) is 3. The van der Waals surface area contributed by atoms with Gasteiger partial charge >= 0.3 is 5.69 Å². The molecular weight excluding hydrogens is 136 g/mol. The quantitative estimate of drug-likeness (QED) is 0.394. The van der Waals surface area contributed by atoms with Crippen LogP contribution in [0.2, 0.25) is 0 Å². The zero-order chi connectivity index (χ0) is 7.56. The maximum atomic E-state index is 10.4. The normalized spacial score (nSPS) is 8.40. The van der Waals surface area contributed by atoms with Crippen LogP contribution in [0.3, 0.4) is 0 Å². The van der Waals surface area contributed by atoms with E-state index in [9.17, 15) is 14.4 Å². The Labute approximate surface area is 53.7 Å². The first-order valence-electron chi connectivity index (χ1n) is 2.36. The summed E-state index contributed by atoms with van der Waals surface area (Å²) < 4.78 is 0. The molecule has 5 nitrogen and oxygen atoms in total. The highest BCUT2D eigenvalue weighted by Crippen LogP contribution is 1.28. The van der Waals surface area contributed by atoms with Crippen molar-refractivity contribution in [3.05, 3.63) is 21.2 Å². The Bertz CT molecular complexity index is 401. The number of rotatable bonds is 0. The van der Waals surface area contributed by atoms with Crippen molar-refractivity contribution < 1.29 is 9.59 Å². The van der Waals surface area contributed by atoms with Gasteiger partial charge in [0.05, 0.1) is 0 Å². The van der Waals surface area contributed by atoms with Gasteiger partial charge in [0.1, 0.15) is 0 Å². The van der Waals surface area contributed by atoms with E-state index in [0.717, 1.165) is 0 Å². The molecule has 0 spiro atoms. The number of imidazole rings is 1. The summed E-state index contributed by atoms with van der Waals surface area (Å²) in [5, 5.41) is -0.389. The molecule has 0 bridgehead atoms. The molecule has 0 aromatic carbocycles. The van der Waals surface area contributed by atoms with Gasteiger partial charge in [-0.3, -0.25) is 9.97 Å². The fourth-order valence-corrected chi connectivity index (χ4v) is 0.536. The van der Waals surface area contributed by atoms with Gasteiger partial charge in [0.2, 0.25) is 0 Å². The molecule has 0 fully saturated rings. The van der Waals surface area contributed by atoms with Gasteiger partial charge in [0, 0.05) is 0 Å². The number of hydrogen-bond donors (Lipinski definition) is 2. The zero-order valence-corrected chi connectivity index (χ0v) is 4.72. The van der Waals surface area contributed by atoms with Gasteiger partial charge in [0.25, 0.3) is 0 Å². The van der Waals surface area contributed by atoms with Gasteiger partial charge in [0.15, 0.2) is 22.6 Å². The van der Waals surface area contributed by atoms with Crippen molar-refractivity contribution in [2.24, 2.45) is 0 Å². The summed E-state index contributed by atoms with van der Waals surface area (Å²) in [4.78, 5) is 34.3. The van der Waals surface area contributed by atoms with Crippen LogP contribution >= 0.6 is 0 Å². The van der Waals surface area contributed by atoms with Crippen molar-refractivity contribution in [3.63, 3.8) is 0 Å². The average molecular weight is 138 g/mol. The van der Waals surface area contributed by atoms with Gasteiger partial charge in [-0.2, -0.15) is 0 Å². The Morgan fingerprint density at radius 3 is 1.70 bits per heavy atom. The molecular formula is C5H2N2O3. The van der Waals surface area contributed by atoms with E-state index in [1.165, 1.54) is 11.9 Å². The molecule has 0 aliphatic carbocycles. The summed E-state index contributed by atoms with van der Waals surface area (Å²) >= 11 is 0. The first-order chi connectivity index (χ1) is 4.77. The predicted molar refractivity (Wildman–Crippen MR) is 30.3 cm³/mol. The van der Waals surface area contributed by atoms with Gasteiger partial charge in [-0.1, -0.05) is 0 Å². The van der Waals surface area contributed by atoms with E-state index in [4.69, 9.17) is 0 Å². The van der Waals surface area contributed by atoms with Crippen LogP contribution in [0.4, 0.5) is 0 Å². The number of aromatic amines is 2. The van der Waals surface area contributed by atoms with E-state index in [1.807, 2.05) is 9.97 Å². The third kappa shape index (κ3) is 0.821. The molecule has 5 heteroatoms. The van der Waals surface area contributed by atoms with Crippen molar-refractivity contribution in [1.29, 1.82) is 0 Å². The van der Waals surface area contributed by atoms with Crippen LogP contribution in [0, 0.1) is 0 Å². The predicted octanol–water partition coefficient (Wildman–Crippen LogP) is -3.29. The smallest absolute Gasteiger partial charge is 0.296 e. The summed E-state index contributed by atoms with van der Waals surface area (Å²) in [7, 11) is 0. The van der Waals surface area contributed by atoms with Gasteiger partial charge in [-0.15, -0.1) is 0 Å². The maximum absolute atomic E-state index is 10.4. The topological polar surface area (TPSA) is 82.8 Å². The Morgan fingerprint density at radius 1 is 1.00 bits per heavy atom. The highest BCUT2D eigenvalue weighted by atomic mass is 16.1. The van der Waals surface area contributed by atoms with Crippen LogP contribution < -0.4 is 16.4 Å². The molecule has 0 radical (unpaired) electrons. The van der Waals surface area contributed by atoms with Gasteiger partial charge in [-0.25, -0.2) is 14.4 Å². The van der Waals surface area contributed by atoms with E-state index in [1.54, 1.807) is 0 Å². The molecule has 0 atom stereocenters. The summed E-state index contributed by atoms with van der Waals surface area (Å²) in [5.74, 6) is 2.74. The Hall–Kier alpha value is -1.83. The average Bonchev–Trinajstić information content (AvgIpc) is 2.30. The molecule has 0 aliphatic rings. The SMILES string of the molecule is O=C=c1[nH]c(=O)[nH]c1=C=O. The molecule has 50 valence electrons. The summed E-state index contributed by atoms with van der Waals surface area (Å²) in [5.41, 5.74) is -0.614. The highest BCUT2D eigenvalue weighted by Gasteiger charge is 1.89. The highest BCUT2D eigenvalue weighted by molar-refractivity contribution is 5.50. The molecule has 0 saturated heterocycles. The van der Waals surface area contributed by atoms with Gasteiger partial charge < -0.3 is 0 Å². The lowest BCUT2D eigenvalue weighted by molar-refractivity contribution is 0.563. The first-order valence-corrected chi connectivity index (χ1v) is 2.36. The zero-order valence-electron chi connectivity index (χ0n) is 4.72. The van der Waals surface area contributed by atoms with Crippen LogP contribution in [0.5, 0.6) is 0 Å². The van der Waals surface area contributed by atoms with E-state index >= 15 is 0 Å². The minimum atomic E-state index is -0.614. The number of aromatic nitrogens is 2. The van der Waals surface area contributed by atoms with Crippen LogP contribution in [-0.4, -0.2) is 21.9 Å².